The second-order valence-electron chi connectivity index (χ2n) is 5.51. The molecular weight excluding hydrogens is 276 g/mol. The van der Waals surface area contributed by atoms with Crippen LogP contribution in [0.1, 0.15) is 44.1 Å². The number of amides is 1. The lowest BCUT2D eigenvalue weighted by molar-refractivity contribution is -0.122. The Hall–Kier alpha value is -1.65. The highest BCUT2D eigenvalue weighted by Crippen LogP contribution is 2.26. The van der Waals surface area contributed by atoms with Crippen LogP contribution in [0.25, 0.3) is 0 Å². The average Bonchev–Trinajstić information content (AvgIpc) is 2.47. The topological polar surface area (TPSA) is 38.3 Å². The zero-order chi connectivity index (χ0) is 15.1. The van der Waals surface area contributed by atoms with E-state index in [1.54, 1.807) is 12.1 Å². The number of rotatable bonds is 6. The van der Waals surface area contributed by atoms with E-state index in [4.69, 9.17) is 0 Å². The van der Waals surface area contributed by atoms with E-state index < -0.39 is 6.61 Å². The molecule has 1 aromatic rings. The largest absolute Gasteiger partial charge is 0.435 e. The highest BCUT2D eigenvalue weighted by atomic mass is 19.3. The number of ether oxygens (including phenoxy) is 1. The molecule has 0 atom stereocenters. The van der Waals surface area contributed by atoms with Gasteiger partial charge in [-0.3, -0.25) is 4.79 Å². The van der Waals surface area contributed by atoms with Gasteiger partial charge in [-0.05, 0) is 36.5 Å². The predicted molar refractivity (Wildman–Crippen MR) is 76.1 cm³/mol. The van der Waals surface area contributed by atoms with Crippen LogP contribution >= 0.6 is 0 Å². The van der Waals surface area contributed by atoms with Gasteiger partial charge >= 0.3 is 6.61 Å². The second kappa shape index (κ2) is 7.96. The molecule has 1 fully saturated rings. The van der Waals surface area contributed by atoms with Gasteiger partial charge < -0.3 is 10.1 Å². The Morgan fingerprint density at radius 1 is 1.19 bits per heavy atom. The van der Waals surface area contributed by atoms with Crippen molar-refractivity contribution in [3.8, 4) is 5.75 Å². The standard InChI is InChI=1S/C16H21F2NO2/c17-16(18)21-14-8-6-13(7-9-14)11-19-15(20)10-12-4-2-1-3-5-12/h6-9,12,16H,1-5,10-11H2,(H,19,20). The van der Waals surface area contributed by atoms with Gasteiger partial charge in [0.05, 0.1) is 0 Å². The van der Waals surface area contributed by atoms with Gasteiger partial charge in [0, 0.05) is 13.0 Å². The van der Waals surface area contributed by atoms with Crippen molar-refractivity contribution in [2.24, 2.45) is 5.92 Å². The van der Waals surface area contributed by atoms with Crippen molar-refractivity contribution in [1.82, 2.24) is 5.32 Å². The van der Waals surface area contributed by atoms with Crippen LogP contribution in [0, 0.1) is 5.92 Å². The van der Waals surface area contributed by atoms with Gasteiger partial charge in [-0.2, -0.15) is 8.78 Å². The van der Waals surface area contributed by atoms with Crippen molar-refractivity contribution >= 4 is 5.91 Å². The second-order valence-corrected chi connectivity index (χ2v) is 5.51. The number of nitrogens with one attached hydrogen (secondary N) is 1. The van der Waals surface area contributed by atoms with E-state index in [1.807, 2.05) is 0 Å². The summed E-state index contributed by atoms with van der Waals surface area (Å²) < 4.78 is 28.3. The van der Waals surface area contributed by atoms with Crippen LogP contribution in [0.4, 0.5) is 8.78 Å². The Morgan fingerprint density at radius 3 is 2.48 bits per heavy atom. The summed E-state index contributed by atoms with van der Waals surface area (Å²) in [5, 5.41) is 2.88. The normalized spacial score (nSPS) is 16.0. The number of carbonyl (C=O) groups is 1. The van der Waals surface area contributed by atoms with Gasteiger partial charge in [0.25, 0.3) is 0 Å². The molecule has 1 aromatic carbocycles. The molecule has 2 rings (SSSR count). The van der Waals surface area contributed by atoms with E-state index >= 15 is 0 Å². The third kappa shape index (κ3) is 5.69. The Morgan fingerprint density at radius 2 is 1.86 bits per heavy atom. The molecule has 1 amide bonds. The van der Waals surface area contributed by atoms with E-state index in [9.17, 15) is 13.6 Å². The molecule has 0 unspecified atom stereocenters. The molecule has 5 heteroatoms. The van der Waals surface area contributed by atoms with Crippen LogP contribution in [-0.2, 0) is 11.3 Å². The average molecular weight is 297 g/mol. The Bertz CT molecular complexity index is 442. The summed E-state index contributed by atoms with van der Waals surface area (Å²) in [4.78, 5) is 11.9. The maximum atomic E-state index is 12.0. The fraction of sp³-hybridized carbons (Fsp3) is 0.562. The summed E-state index contributed by atoms with van der Waals surface area (Å²) >= 11 is 0. The number of halogens is 2. The Kier molecular flexibility index (Phi) is 5.96. The zero-order valence-electron chi connectivity index (χ0n) is 12.0. The molecule has 0 aromatic heterocycles. The molecule has 21 heavy (non-hydrogen) atoms. The monoisotopic (exact) mass is 297 g/mol. The summed E-state index contributed by atoms with van der Waals surface area (Å²) in [5.41, 5.74) is 0.869. The molecule has 0 aliphatic heterocycles. The minimum Gasteiger partial charge on any atom is -0.435 e. The number of hydrogen-bond donors (Lipinski definition) is 1. The number of carbonyl (C=O) groups excluding carboxylic acids is 1. The fourth-order valence-corrected chi connectivity index (χ4v) is 2.72. The molecule has 0 radical (unpaired) electrons. The molecule has 116 valence electrons. The third-order valence-electron chi connectivity index (χ3n) is 3.84. The lowest BCUT2D eigenvalue weighted by Gasteiger charge is -2.20. The summed E-state index contributed by atoms with van der Waals surface area (Å²) in [6.07, 6.45) is 6.62. The van der Waals surface area contributed by atoms with Crippen LogP contribution in [0.2, 0.25) is 0 Å². The third-order valence-corrected chi connectivity index (χ3v) is 3.84. The molecule has 1 saturated carbocycles. The Balaban J connectivity index is 1.73. The summed E-state index contributed by atoms with van der Waals surface area (Å²) in [6, 6.07) is 6.32. The molecule has 1 aliphatic carbocycles. The van der Waals surface area contributed by atoms with E-state index in [-0.39, 0.29) is 11.7 Å². The quantitative estimate of drug-likeness (QED) is 0.865. The van der Waals surface area contributed by atoms with Gasteiger partial charge in [0.15, 0.2) is 0 Å². The molecule has 1 aliphatic rings. The minimum atomic E-state index is -2.81. The van der Waals surface area contributed by atoms with Crippen LogP contribution < -0.4 is 10.1 Å². The fourth-order valence-electron chi connectivity index (χ4n) is 2.72. The lowest BCUT2D eigenvalue weighted by Crippen LogP contribution is -2.25. The van der Waals surface area contributed by atoms with Crippen LogP contribution in [0.3, 0.4) is 0 Å². The first kappa shape index (κ1) is 15.7. The van der Waals surface area contributed by atoms with Gasteiger partial charge in [0.1, 0.15) is 5.75 Å². The Labute approximate surface area is 123 Å². The summed E-state index contributed by atoms with van der Waals surface area (Å²) in [7, 11) is 0. The molecule has 0 saturated heterocycles. The molecule has 0 bridgehead atoms. The number of hydrogen-bond acceptors (Lipinski definition) is 2. The first-order valence-corrected chi connectivity index (χ1v) is 7.44. The van der Waals surface area contributed by atoms with E-state index in [2.05, 4.69) is 10.1 Å². The number of alkyl halides is 2. The van der Waals surface area contributed by atoms with E-state index in [1.165, 1.54) is 31.4 Å². The maximum absolute atomic E-state index is 12.0. The molecule has 1 N–H and O–H groups in total. The van der Waals surface area contributed by atoms with Gasteiger partial charge in [-0.25, -0.2) is 0 Å². The minimum absolute atomic E-state index is 0.0646. The van der Waals surface area contributed by atoms with Crippen molar-refractivity contribution in [2.45, 2.75) is 51.7 Å². The predicted octanol–water partition coefficient (Wildman–Crippen LogP) is 3.87. The number of benzene rings is 1. The first-order valence-electron chi connectivity index (χ1n) is 7.44. The van der Waals surface area contributed by atoms with E-state index in [0.717, 1.165) is 18.4 Å². The zero-order valence-corrected chi connectivity index (χ0v) is 12.0. The highest BCUT2D eigenvalue weighted by molar-refractivity contribution is 5.76. The molecule has 0 heterocycles. The van der Waals surface area contributed by atoms with Crippen LogP contribution in [0.15, 0.2) is 24.3 Å². The summed E-state index contributed by atoms with van der Waals surface area (Å²) in [6.45, 7) is -2.40. The van der Waals surface area contributed by atoms with Crippen LogP contribution in [0.5, 0.6) is 5.75 Å². The molecular formula is C16H21F2NO2. The van der Waals surface area contributed by atoms with E-state index in [0.29, 0.717) is 18.9 Å². The van der Waals surface area contributed by atoms with Crippen molar-refractivity contribution < 1.29 is 18.3 Å². The smallest absolute Gasteiger partial charge is 0.387 e. The molecule has 0 spiro atoms. The maximum Gasteiger partial charge on any atom is 0.387 e. The van der Waals surface area contributed by atoms with Gasteiger partial charge in [-0.15, -0.1) is 0 Å². The van der Waals surface area contributed by atoms with Crippen molar-refractivity contribution in [3.05, 3.63) is 29.8 Å². The first-order chi connectivity index (χ1) is 10.1. The van der Waals surface area contributed by atoms with Crippen molar-refractivity contribution in [2.75, 3.05) is 0 Å². The van der Waals surface area contributed by atoms with Crippen molar-refractivity contribution in [1.29, 1.82) is 0 Å². The summed E-state index contributed by atoms with van der Waals surface area (Å²) in [5.74, 6) is 0.706. The van der Waals surface area contributed by atoms with Gasteiger partial charge in [0.2, 0.25) is 5.91 Å². The van der Waals surface area contributed by atoms with Crippen molar-refractivity contribution in [3.63, 3.8) is 0 Å². The highest BCUT2D eigenvalue weighted by Gasteiger charge is 2.16. The van der Waals surface area contributed by atoms with Crippen LogP contribution in [-0.4, -0.2) is 12.5 Å². The van der Waals surface area contributed by atoms with Gasteiger partial charge in [-0.1, -0.05) is 31.4 Å². The molecule has 3 nitrogen and oxygen atoms in total. The SMILES string of the molecule is O=C(CC1CCCCC1)NCc1ccc(OC(F)F)cc1. The lowest BCUT2D eigenvalue weighted by atomic mass is 9.87.